The van der Waals surface area contributed by atoms with Gasteiger partial charge in [-0.3, -0.25) is 0 Å². The number of rotatable bonds is 8. The highest BCUT2D eigenvalue weighted by Crippen LogP contribution is 2.23. The number of nitrogens with zero attached hydrogens (tertiary/aromatic N) is 3. The SMILES string of the molecule is CCNC(=NCc1ccnc(OC2CCCC2)c1)NCc1cc(C(C)C)no1.I. The smallest absolute Gasteiger partial charge is 0.213 e. The summed E-state index contributed by atoms with van der Waals surface area (Å²) in [5.74, 6) is 2.58. The van der Waals surface area contributed by atoms with Crippen molar-refractivity contribution in [1.29, 1.82) is 0 Å². The zero-order chi connectivity index (χ0) is 19.8. The van der Waals surface area contributed by atoms with E-state index in [1.807, 2.05) is 25.1 Å². The van der Waals surface area contributed by atoms with E-state index in [0.717, 1.165) is 42.4 Å². The lowest BCUT2D eigenvalue weighted by Gasteiger charge is -2.13. The number of guanidine groups is 1. The van der Waals surface area contributed by atoms with Crippen molar-refractivity contribution in [1.82, 2.24) is 20.8 Å². The third-order valence-corrected chi connectivity index (χ3v) is 4.75. The maximum absolute atomic E-state index is 5.99. The largest absolute Gasteiger partial charge is 0.474 e. The van der Waals surface area contributed by atoms with Crippen LogP contribution in [0.5, 0.6) is 5.88 Å². The molecule has 3 rings (SSSR count). The van der Waals surface area contributed by atoms with Gasteiger partial charge in [-0.15, -0.1) is 24.0 Å². The number of halogens is 1. The van der Waals surface area contributed by atoms with E-state index in [9.17, 15) is 0 Å². The fourth-order valence-corrected chi connectivity index (χ4v) is 3.16. The molecule has 1 saturated carbocycles. The quantitative estimate of drug-likeness (QED) is 0.310. The molecule has 7 nitrogen and oxygen atoms in total. The van der Waals surface area contributed by atoms with E-state index in [-0.39, 0.29) is 24.0 Å². The van der Waals surface area contributed by atoms with Crippen molar-refractivity contribution in [2.75, 3.05) is 6.54 Å². The maximum Gasteiger partial charge on any atom is 0.213 e. The predicted octanol–water partition coefficient (Wildman–Crippen LogP) is 4.39. The number of nitrogens with one attached hydrogen (secondary N) is 2. The molecular formula is C21H32IN5O2. The van der Waals surface area contributed by atoms with Crippen LogP contribution < -0.4 is 15.4 Å². The minimum Gasteiger partial charge on any atom is -0.474 e. The second kappa shape index (κ2) is 12.0. The van der Waals surface area contributed by atoms with Crippen molar-refractivity contribution in [3.05, 3.63) is 41.4 Å². The summed E-state index contributed by atoms with van der Waals surface area (Å²) in [7, 11) is 0. The Bertz CT molecular complexity index is 772. The third-order valence-electron chi connectivity index (χ3n) is 4.75. The van der Waals surface area contributed by atoms with E-state index < -0.39 is 0 Å². The van der Waals surface area contributed by atoms with Gasteiger partial charge < -0.3 is 19.9 Å². The first-order chi connectivity index (χ1) is 13.6. The normalized spacial score (nSPS) is 14.7. The van der Waals surface area contributed by atoms with Gasteiger partial charge in [-0.05, 0) is 50.2 Å². The second-order valence-corrected chi connectivity index (χ2v) is 7.45. The van der Waals surface area contributed by atoms with Gasteiger partial charge in [0.1, 0.15) is 6.10 Å². The molecule has 0 aliphatic heterocycles. The minimum absolute atomic E-state index is 0. The summed E-state index contributed by atoms with van der Waals surface area (Å²) in [6, 6.07) is 5.94. The van der Waals surface area contributed by atoms with Gasteiger partial charge in [0.15, 0.2) is 11.7 Å². The molecule has 0 spiro atoms. The van der Waals surface area contributed by atoms with E-state index in [1.54, 1.807) is 6.20 Å². The summed E-state index contributed by atoms with van der Waals surface area (Å²) in [5, 5.41) is 10.6. The van der Waals surface area contributed by atoms with Gasteiger partial charge in [0.25, 0.3) is 0 Å². The van der Waals surface area contributed by atoms with Crippen LogP contribution >= 0.6 is 24.0 Å². The summed E-state index contributed by atoms with van der Waals surface area (Å²) >= 11 is 0. The Morgan fingerprint density at radius 1 is 1.28 bits per heavy atom. The topological polar surface area (TPSA) is 84.6 Å². The van der Waals surface area contributed by atoms with Gasteiger partial charge in [0.2, 0.25) is 5.88 Å². The van der Waals surface area contributed by atoms with Crippen LogP contribution in [0.25, 0.3) is 0 Å². The number of hydrogen-bond donors (Lipinski definition) is 2. The molecule has 2 N–H and O–H groups in total. The van der Waals surface area contributed by atoms with Crippen molar-refractivity contribution in [3.8, 4) is 5.88 Å². The molecule has 2 aromatic heterocycles. The van der Waals surface area contributed by atoms with Crippen LogP contribution in [0.1, 0.15) is 69.4 Å². The molecule has 0 radical (unpaired) electrons. The average Bonchev–Trinajstić information content (AvgIpc) is 3.36. The van der Waals surface area contributed by atoms with Crippen molar-refractivity contribution in [3.63, 3.8) is 0 Å². The van der Waals surface area contributed by atoms with Gasteiger partial charge >= 0.3 is 0 Å². The van der Waals surface area contributed by atoms with Crippen molar-refractivity contribution >= 4 is 29.9 Å². The first kappa shape index (κ1) is 23.4. The Kier molecular flexibility index (Phi) is 9.69. The molecule has 0 atom stereocenters. The van der Waals surface area contributed by atoms with Crippen molar-refractivity contribution in [2.45, 2.75) is 71.6 Å². The average molecular weight is 513 g/mol. The van der Waals surface area contributed by atoms with Gasteiger partial charge in [-0.1, -0.05) is 19.0 Å². The lowest BCUT2D eigenvalue weighted by Crippen LogP contribution is -2.36. The number of hydrogen-bond acceptors (Lipinski definition) is 5. The molecule has 0 unspecified atom stereocenters. The summed E-state index contributed by atoms with van der Waals surface area (Å²) in [4.78, 5) is 9.00. The summed E-state index contributed by atoms with van der Waals surface area (Å²) < 4.78 is 11.4. The molecule has 0 saturated heterocycles. The van der Waals surface area contributed by atoms with E-state index in [1.165, 1.54) is 12.8 Å². The Balaban J connectivity index is 0.00000300. The molecule has 29 heavy (non-hydrogen) atoms. The van der Waals surface area contributed by atoms with Crippen molar-refractivity contribution in [2.24, 2.45) is 4.99 Å². The van der Waals surface area contributed by atoms with E-state index in [0.29, 0.717) is 31.0 Å². The molecule has 0 amide bonds. The van der Waals surface area contributed by atoms with E-state index in [2.05, 4.69) is 39.6 Å². The molecule has 1 fully saturated rings. The highest BCUT2D eigenvalue weighted by atomic mass is 127. The van der Waals surface area contributed by atoms with Gasteiger partial charge in [-0.2, -0.15) is 0 Å². The fourth-order valence-electron chi connectivity index (χ4n) is 3.16. The Morgan fingerprint density at radius 2 is 2.07 bits per heavy atom. The highest BCUT2D eigenvalue weighted by molar-refractivity contribution is 14.0. The summed E-state index contributed by atoms with van der Waals surface area (Å²) in [5.41, 5.74) is 2.03. The van der Waals surface area contributed by atoms with E-state index >= 15 is 0 Å². The monoisotopic (exact) mass is 513 g/mol. The number of aliphatic imine (C=N–C) groups is 1. The summed E-state index contributed by atoms with van der Waals surface area (Å²) in [6.45, 7) is 8.11. The summed E-state index contributed by atoms with van der Waals surface area (Å²) in [6.07, 6.45) is 6.84. The molecule has 0 bridgehead atoms. The van der Waals surface area contributed by atoms with Gasteiger partial charge in [0, 0.05) is 24.9 Å². The standard InChI is InChI=1S/C21H31N5O2.HI/c1-4-22-21(25-14-18-12-19(15(2)3)26-28-18)24-13-16-9-10-23-20(11-16)27-17-7-5-6-8-17;/h9-12,15,17H,4-8,13-14H2,1-3H3,(H2,22,24,25);1H. The number of ether oxygens (including phenoxy) is 1. The van der Waals surface area contributed by atoms with Crippen LogP contribution in [0.2, 0.25) is 0 Å². The van der Waals surface area contributed by atoms with Crippen LogP contribution in [0.4, 0.5) is 0 Å². The lowest BCUT2D eigenvalue weighted by atomic mass is 10.1. The minimum atomic E-state index is 0. The Morgan fingerprint density at radius 3 is 2.76 bits per heavy atom. The third kappa shape index (κ3) is 7.49. The lowest BCUT2D eigenvalue weighted by molar-refractivity contribution is 0.201. The maximum atomic E-state index is 5.99. The van der Waals surface area contributed by atoms with Crippen LogP contribution in [0.15, 0.2) is 33.9 Å². The second-order valence-electron chi connectivity index (χ2n) is 7.45. The Hall–Kier alpha value is -1.84. The zero-order valence-electron chi connectivity index (χ0n) is 17.5. The van der Waals surface area contributed by atoms with Crippen molar-refractivity contribution < 1.29 is 9.26 Å². The molecule has 2 aromatic rings. The molecule has 160 valence electrons. The molecule has 1 aliphatic carbocycles. The van der Waals surface area contributed by atoms with Crippen LogP contribution in [0, 0.1) is 0 Å². The molecule has 2 heterocycles. The molecule has 0 aromatic carbocycles. The number of pyridine rings is 1. The van der Waals surface area contributed by atoms with Crippen LogP contribution in [-0.2, 0) is 13.1 Å². The highest BCUT2D eigenvalue weighted by Gasteiger charge is 2.17. The van der Waals surface area contributed by atoms with Crippen LogP contribution in [0.3, 0.4) is 0 Å². The first-order valence-electron chi connectivity index (χ1n) is 10.2. The predicted molar refractivity (Wildman–Crippen MR) is 125 cm³/mol. The number of aromatic nitrogens is 2. The molecular weight excluding hydrogens is 481 g/mol. The first-order valence-corrected chi connectivity index (χ1v) is 10.2. The van der Waals surface area contributed by atoms with Gasteiger partial charge in [-0.25, -0.2) is 9.98 Å². The van der Waals surface area contributed by atoms with E-state index in [4.69, 9.17) is 9.26 Å². The fraction of sp³-hybridized carbons (Fsp3) is 0.571. The van der Waals surface area contributed by atoms with Crippen LogP contribution in [-0.4, -0.2) is 28.7 Å². The Labute approximate surface area is 190 Å². The molecule has 8 heteroatoms. The van der Waals surface area contributed by atoms with Gasteiger partial charge in [0.05, 0.1) is 18.8 Å². The zero-order valence-corrected chi connectivity index (χ0v) is 19.8. The molecule has 1 aliphatic rings.